The van der Waals surface area contributed by atoms with Crippen molar-refractivity contribution in [3.8, 4) is 0 Å². The lowest BCUT2D eigenvalue weighted by Gasteiger charge is -2.07. The Balaban J connectivity index is 2.22. The molecule has 2 aromatic carbocycles. The zero-order valence-electron chi connectivity index (χ0n) is 10.5. The van der Waals surface area contributed by atoms with Crippen molar-refractivity contribution in [1.29, 1.82) is 0 Å². The summed E-state index contributed by atoms with van der Waals surface area (Å²) in [6, 6.07) is 11.9. The summed E-state index contributed by atoms with van der Waals surface area (Å²) in [5.74, 6) is -0.233. The molecule has 4 N–H and O–H groups in total. The Morgan fingerprint density at radius 3 is 1.20 bits per heavy atom. The third-order valence-corrected chi connectivity index (χ3v) is 2.94. The number of benzene rings is 2. The summed E-state index contributed by atoms with van der Waals surface area (Å²) < 4.78 is 0. The Bertz CT molecular complexity index is 531. The van der Waals surface area contributed by atoms with Gasteiger partial charge in [0.2, 0.25) is 0 Å². The van der Waals surface area contributed by atoms with Crippen LogP contribution in [0.15, 0.2) is 48.5 Å². The van der Waals surface area contributed by atoms with E-state index in [1.165, 1.54) is 48.5 Å². The van der Waals surface area contributed by atoms with Gasteiger partial charge in [-0.1, -0.05) is 48.5 Å². The highest BCUT2D eigenvalue weighted by molar-refractivity contribution is 6.08. The lowest BCUT2D eigenvalue weighted by atomic mass is 10.0. The van der Waals surface area contributed by atoms with E-state index in [0.29, 0.717) is 22.3 Å². The lowest BCUT2D eigenvalue weighted by molar-refractivity contribution is -0.0430. The molecule has 0 fully saturated rings. The van der Waals surface area contributed by atoms with Gasteiger partial charge in [0, 0.05) is 22.3 Å². The maximum atomic E-state index is 12.2. The molecular weight excluding hydrogens is 260 g/mol. The summed E-state index contributed by atoms with van der Waals surface area (Å²) in [5, 5.41) is 35.9. The van der Waals surface area contributed by atoms with Gasteiger partial charge in [-0.25, -0.2) is 0 Å². The number of ketones is 1. The molecule has 5 heteroatoms. The molecule has 0 saturated carbocycles. The lowest BCUT2D eigenvalue weighted by Crippen LogP contribution is -2.03. The van der Waals surface area contributed by atoms with Crippen molar-refractivity contribution in [2.75, 3.05) is 0 Å². The zero-order chi connectivity index (χ0) is 14.7. The summed E-state index contributed by atoms with van der Waals surface area (Å²) >= 11 is 0. The molecule has 104 valence electrons. The molecule has 2 aromatic rings. The van der Waals surface area contributed by atoms with Crippen LogP contribution >= 0.6 is 0 Å². The molecule has 0 aliphatic carbocycles. The number of carbonyl (C=O) groups is 1. The fourth-order valence-electron chi connectivity index (χ4n) is 1.78. The van der Waals surface area contributed by atoms with Crippen molar-refractivity contribution in [1.82, 2.24) is 0 Å². The van der Waals surface area contributed by atoms with Gasteiger partial charge in [0.15, 0.2) is 18.4 Å². The van der Waals surface area contributed by atoms with Gasteiger partial charge in [-0.15, -0.1) is 0 Å². The molecule has 0 unspecified atom stereocenters. The van der Waals surface area contributed by atoms with Gasteiger partial charge in [-0.2, -0.15) is 0 Å². The van der Waals surface area contributed by atoms with Gasteiger partial charge in [0.05, 0.1) is 0 Å². The Hall–Kier alpha value is -2.05. The van der Waals surface area contributed by atoms with Crippen molar-refractivity contribution in [2.45, 2.75) is 12.6 Å². The maximum absolute atomic E-state index is 12.2. The number of hydrogen-bond acceptors (Lipinski definition) is 5. The first-order valence-electron chi connectivity index (χ1n) is 5.96. The van der Waals surface area contributed by atoms with Gasteiger partial charge in [0.1, 0.15) is 0 Å². The third kappa shape index (κ3) is 3.09. The first-order chi connectivity index (χ1) is 9.49. The van der Waals surface area contributed by atoms with Gasteiger partial charge in [0.25, 0.3) is 0 Å². The van der Waals surface area contributed by atoms with Crippen LogP contribution in [0.1, 0.15) is 39.6 Å². The van der Waals surface area contributed by atoms with Crippen LogP contribution in [0.4, 0.5) is 0 Å². The van der Waals surface area contributed by atoms with E-state index in [4.69, 9.17) is 20.4 Å². The smallest absolute Gasteiger partial charge is 0.193 e. The first-order valence-corrected chi connectivity index (χ1v) is 5.96. The Labute approximate surface area is 115 Å². The summed E-state index contributed by atoms with van der Waals surface area (Å²) in [6.07, 6.45) is -3.13. The van der Waals surface area contributed by atoms with Crippen LogP contribution in [0.25, 0.3) is 0 Å². The molecule has 0 aromatic heterocycles. The zero-order valence-corrected chi connectivity index (χ0v) is 10.5. The average Bonchev–Trinajstić information content (AvgIpc) is 2.46. The number of rotatable bonds is 4. The van der Waals surface area contributed by atoms with Gasteiger partial charge >= 0.3 is 0 Å². The van der Waals surface area contributed by atoms with E-state index in [2.05, 4.69) is 0 Å². The Morgan fingerprint density at radius 2 is 0.950 bits per heavy atom. The second-order valence-electron chi connectivity index (χ2n) is 4.32. The van der Waals surface area contributed by atoms with Gasteiger partial charge in [-0.3, -0.25) is 4.79 Å². The second-order valence-corrected chi connectivity index (χ2v) is 4.32. The average molecular weight is 274 g/mol. The molecular formula is C15H14O5. The number of hydrogen-bond donors (Lipinski definition) is 4. The topological polar surface area (TPSA) is 98.0 Å². The molecule has 0 spiro atoms. The van der Waals surface area contributed by atoms with Crippen LogP contribution in [-0.2, 0) is 0 Å². The van der Waals surface area contributed by atoms with Gasteiger partial charge in [-0.05, 0) is 0 Å². The van der Waals surface area contributed by atoms with Crippen molar-refractivity contribution in [2.24, 2.45) is 0 Å². The summed E-state index contributed by atoms with van der Waals surface area (Å²) in [4.78, 5) is 12.2. The van der Waals surface area contributed by atoms with Crippen molar-refractivity contribution < 1.29 is 25.2 Å². The largest absolute Gasteiger partial charge is 0.364 e. The first kappa shape index (κ1) is 14.4. The molecule has 0 amide bonds. The van der Waals surface area contributed by atoms with E-state index in [9.17, 15) is 4.79 Å². The van der Waals surface area contributed by atoms with Gasteiger partial charge < -0.3 is 20.4 Å². The molecule has 0 bridgehead atoms. The van der Waals surface area contributed by atoms with E-state index in [1.54, 1.807) is 0 Å². The van der Waals surface area contributed by atoms with Crippen molar-refractivity contribution >= 4 is 5.78 Å². The molecule has 0 saturated heterocycles. The standard InChI is InChI=1S/C15H14O5/c16-13(9-1-5-11(6-2-9)14(17)18)10-3-7-12(8-4-10)15(19)20/h1-8,14-15,17-20H. The van der Waals surface area contributed by atoms with E-state index < -0.39 is 12.6 Å². The van der Waals surface area contributed by atoms with E-state index in [0.717, 1.165) is 0 Å². The Kier molecular flexibility index (Phi) is 4.26. The number of aliphatic hydroxyl groups is 4. The molecule has 2 rings (SSSR count). The minimum atomic E-state index is -1.57. The molecule has 0 aliphatic heterocycles. The van der Waals surface area contributed by atoms with Crippen LogP contribution in [-0.4, -0.2) is 26.2 Å². The minimum Gasteiger partial charge on any atom is -0.364 e. The van der Waals surface area contributed by atoms with Crippen molar-refractivity contribution in [3.05, 3.63) is 70.8 Å². The molecule has 0 radical (unpaired) electrons. The maximum Gasteiger partial charge on any atom is 0.193 e. The predicted octanol–water partition coefficient (Wildman–Crippen LogP) is 0.884. The molecule has 0 atom stereocenters. The van der Waals surface area contributed by atoms with E-state index >= 15 is 0 Å². The monoisotopic (exact) mass is 274 g/mol. The highest BCUT2D eigenvalue weighted by Crippen LogP contribution is 2.16. The SMILES string of the molecule is O=C(c1ccc(C(O)O)cc1)c1ccc(C(O)O)cc1. The predicted molar refractivity (Wildman–Crippen MR) is 70.7 cm³/mol. The molecule has 20 heavy (non-hydrogen) atoms. The van der Waals surface area contributed by atoms with Crippen LogP contribution in [0.5, 0.6) is 0 Å². The van der Waals surface area contributed by atoms with Crippen LogP contribution in [0.2, 0.25) is 0 Å². The number of aliphatic hydroxyl groups excluding tert-OH is 2. The highest BCUT2D eigenvalue weighted by Gasteiger charge is 2.11. The fraction of sp³-hybridized carbons (Fsp3) is 0.133. The van der Waals surface area contributed by atoms with E-state index in [-0.39, 0.29) is 5.78 Å². The summed E-state index contributed by atoms with van der Waals surface area (Å²) in [7, 11) is 0. The number of carbonyl (C=O) groups excluding carboxylic acids is 1. The molecule has 0 aliphatic rings. The highest BCUT2D eigenvalue weighted by atomic mass is 16.5. The second kappa shape index (κ2) is 5.94. The van der Waals surface area contributed by atoms with E-state index in [1.807, 2.05) is 0 Å². The van der Waals surface area contributed by atoms with Crippen LogP contribution < -0.4 is 0 Å². The van der Waals surface area contributed by atoms with Crippen molar-refractivity contribution in [3.63, 3.8) is 0 Å². The third-order valence-electron chi connectivity index (χ3n) is 2.94. The van der Waals surface area contributed by atoms with Crippen LogP contribution in [0, 0.1) is 0 Å². The summed E-state index contributed by atoms with van der Waals surface area (Å²) in [5.41, 5.74) is 1.43. The molecule has 0 heterocycles. The fourth-order valence-corrected chi connectivity index (χ4v) is 1.78. The molecule has 5 nitrogen and oxygen atoms in total. The Morgan fingerprint density at radius 1 is 0.650 bits per heavy atom. The van der Waals surface area contributed by atoms with Crippen LogP contribution in [0.3, 0.4) is 0 Å². The quantitative estimate of drug-likeness (QED) is 0.490. The normalized spacial score (nSPS) is 11.1. The minimum absolute atomic E-state index is 0.233. The summed E-state index contributed by atoms with van der Waals surface area (Å²) in [6.45, 7) is 0.